The van der Waals surface area contributed by atoms with Crippen LogP contribution < -0.4 is 5.32 Å². The van der Waals surface area contributed by atoms with Crippen molar-refractivity contribution in [3.05, 3.63) is 0 Å². The van der Waals surface area contributed by atoms with Gasteiger partial charge in [0.25, 0.3) is 0 Å². The van der Waals surface area contributed by atoms with Gasteiger partial charge in [0.2, 0.25) is 5.91 Å². The molecule has 0 saturated heterocycles. The van der Waals surface area contributed by atoms with Crippen LogP contribution in [0.25, 0.3) is 0 Å². The quantitative estimate of drug-likeness (QED) is 0.842. The Kier molecular flexibility index (Phi) is 5.64. The lowest BCUT2D eigenvalue weighted by atomic mass is 9.96. The van der Waals surface area contributed by atoms with E-state index in [4.69, 9.17) is 4.74 Å². The van der Waals surface area contributed by atoms with E-state index in [1.165, 1.54) is 4.90 Å². The van der Waals surface area contributed by atoms with Gasteiger partial charge in [0.05, 0.1) is 0 Å². The van der Waals surface area contributed by atoms with Gasteiger partial charge in [-0.2, -0.15) is 0 Å². The molecule has 0 saturated carbocycles. The Morgan fingerprint density at radius 2 is 1.61 bits per heavy atom. The summed E-state index contributed by atoms with van der Waals surface area (Å²) in [6, 6.07) is 0. The molecule has 0 rings (SSSR count). The molecule has 2 amide bonds. The third-order valence-electron chi connectivity index (χ3n) is 2.12. The molecule has 0 bridgehead atoms. The van der Waals surface area contributed by atoms with Crippen molar-refractivity contribution in [1.82, 2.24) is 10.2 Å². The van der Waals surface area contributed by atoms with E-state index >= 15 is 0 Å². The molecule has 0 unspecified atom stereocenters. The summed E-state index contributed by atoms with van der Waals surface area (Å²) in [6.45, 7) is 11.8. The molecule has 0 aliphatic carbocycles. The minimum absolute atomic E-state index is 0.0277. The van der Waals surface area contributed by atoms with Crippen molar-refractivity contribution in [2.45, 2.75) is 47.1 Å². The van der Waals surface area contributed by atoms with Gasteiger partial charge in [0, 0.05) is 25.6 Å². The van der Waals surface area contributed by atoms with Gasteiger partial charge in [-0.1, -0.05) is 20.8 Å². The molecule has 5 heteroatoms. The molecule has 0 aromatic carbocycles. The maximum atomic E-state index is 11.6. The van der Waals surface area contributed by atoms with Gasteiger partial charge in [0.15, 0.2) is 0 Å². The summed E-state index contributed by atoms with van der Waals surface area (Å²) < 4.78 is 5.20. The number of amides is 2. The van der Waals surface area contributed by atoms with E-state index in [0.717, 1.165) is 0 Å². The predicted octanol–water partition coefficient (Wildman–Crippen LogP) is 2.02. The summed E-state index contributed by atoms with van der Waals surface area (Å²) in [5.41, 5.74) is -0.912. The van der Waals surface area contributed by atoms with Crippen LogP contribution in [-0.2, 0) is 9.53 Å². The van der Waals surface area contributed by atoms with Crippen LogP contribution in [0.4, 0.5) is 4.79 Å². The smallest absolute Gasteiger partial charge is 0.410 e. The second kappa shape index (κ2) is 6.07. The summed E-state index contributed by atoms with van der Waals surface area (Å²) in [4.78, 5) is 24.7. The number of hydrogen-bond donors (Lipinski definition) is 1. The fourth-order valence-electron chi connectivity index (χ4n) is 1.03. The highest BCUT2D eigenvalue weighted by Gasteiger charge is 2.22. The highest BCUT2D eigenvalue weighted by molar-refractivity contribution is 5.81. The number of carbonyl (C=O) groups excluding carboxylic acids is 2. The number of nitrogens with one attached hydrogen (secondary N) is 1. The average Bonchev–Trinajstić information content (AvgIpc) is 2.12. The maximum Gasteiger partial charge on any atom is 0.410 e. The van der Waals surface area contributed by atoms with E-state index in [2.05, 4.69) is 5.32 Å². The van der Waals surface area contributed by atoms with Gasteiger partial charge in [-0.05, 0) is 20.8 Å². The first-order valence-corrected chi connectivity index (χ1v) is 6.16. The molecule has 0 atom stereocenters. The molecule has 5 nitrogen and oxygen atoms in total. The number of hydrogen-bond acceptors (Lipinski definition) is 3. The van der Waals surface area contributed by atoms with Gasteiger partial charge in [-0.3, -0.25) is 4.79 Å². The Labute approximate surface area is 110 Å². The minimum atomic E-state index is -0.500. The predicted molar refractivity (Wildman–Crippen MR) is 71.3 cm³/mol. The molecule has 0 heterocycles. The van der Waals surface area contributed by atoms with Crippen LogP contribution in [0.15, 0.2) is 0 Å². The second-order valence-corrected chi connectivity index (χ2v) is 6.41. The summed E-state index contributed by atoms with van der Waals surface area (Å²) in [5, 5.41) is 2.78. The molecular formula is C13H26N2O3. The van der Waals surface area contributed by atoms with Gasteiger partial charge in [0.1, 0.15) is 5.60 Å². The van der Waals surface area contributed by atoms with E-state index in [-0.39, 0.29) is 12.0 Å². The van der Waals surface area contributed by atoms with Crippen LogP contribution >= 0.6 is 0 Å². The standard InChI is InChI=1S/C13H26N2O3/c1-12(2,3)10(16)14-8-9-15(7)11(17)18-13(4,5)6/h8-9H2,1-7H3,(H,14,16). The van der Waals surface area contributed by atoms with Crippen molar-refractivity contribution in [1.29, 1.82) is 0 Å². The summed E-state index contributed by atoms with van der Waals surface area (Å²) in [6.07, 6.45) is -0.382. The van der Waals surface area contributed by atoms with Crippen molar-refractivity contribution in [3.63, 3.8) is 0 Å². The molecule has 106 valence electrons. The molecule has 0 fully saturated rings. The Morgan fingerprint density at radius 3 is 2.00 bits per heavy atom. The van der Waals surface area contributed by atoms with Crippen LogP contribution in [0.1, 0.15) is 41.5 Å². The molecule has 0 radical (unpaired) electrons. The first kappa shape index (κ1) is 16.7. The van der Waals surface area contributed by atoms with Gasteiger partial charge < -0.3 is 15.0 Å². The van der Waals surface area contributed by atoms with Crippen LogP contribution in [0.5, 0.6) is 0 Å². The van der Waals surface area contributed by atoms with E-state index < -0.39 is 11.0 Å². The zero-order chi connectivity index (χ0) is 14.6. The fraction of sp³-hybridized carbons (Fsp3) is 0.846. The monoisotopic (exact) mass is 258 g/mol. The molecule has 18 heavy (non-hydrogen) atoms. The van der Waals surface area contributed by atoms with E-state index in [0.29, 0.717) is 13.1 Å². The molecule has 1 N–H and O–H groups in total. The lowest BCUT2D eigenvalue weighted by molar-refractivity contribution is -0.128. The topological polar surface area (TPSA) is 58.6 Å². The van der Waals surface area contributed by atoms with Crippen LogP contribution in [0.3, 0.4) is 0 Å². The maximum absolute atomic E-state index is 11.6. The van der Waals surface area contributed by atoms with Gasteiger partial charge >= 0.3 is 6.09 Å². The van der Waals surface area contributed by atoms with Crippen molar-refractivity contribution in [2.24, 2.45) is 5.41 Å². The lowest BCUT2D eigenvalue weighted by Crippen LogP contribution is -2.42. The average molecular weight is 258 g/mol. The van der Waals surface area contributed by atoms with Crippen LogP contribution in [-0.4, -0.2) is 42.6 Å². The number of rotatable bonds is 3. The van der Waals surface area contributed by atoms with Crippen molar-refractivity contribution >= 4 is 12.0 Å². The summed E-state index contributed by atoms with van der Waals surface area (Å²) in [7, 11) is 1.65. The molecule has 0 aliphatic heterocycles. The summed E-state index contributed by atoms with van der Waals surface area (Å²) >= 11 is 0. The number of carbonyl (C=O) groups is 2. The van der Waals surface area contributed by atoms with Crippen LogP contribution in [0, 0.1) is 5.41 Å². The van der Waals surface area contributed by atoms with E-state index in [1.807, 2.05) is 41.5 Å². The number of ether oxygens (including phenoxy) is 1. The van der Waals surface area contributed by atoms with E-state index in [9.17, 15) is 9.59 Å². The third kappa shape index (κ3) is 7.14. The third-order valence-corrected chi connectivity index (χ3v) is 2.12. The first-order chi connectivity index (χ1) is 7.93. The normalized spacial score (nSPS) is 11.9. The fourth-order valence-corrected chi connectivity index (χ4v) is 1.03. The number of nitrogens with zero attached hydrogens (tertiary/aromatic N) is 1. The highest BCUT2D eigenvalue weighted by Crippen LogP contribution is 2.12. The van der Waals surface area contributed by atoms with Gasteiger partial charge in [-0.15, -0.1) is 0 Å². The molecule has 0 spiro atoms. The Morgan fingerprint density at radius 1 is 1.11 bits per heavy atom. The highest BCUT2D eigenvalue weighted by atomic mass is 16.6. The van der Waals surface area contributed by atoms with Gasteiger partial charge in [-0.25, -0.2) is 4.79 Å². The van der Waals surface area contributed by atoms with Crippen molar-refractivity contribution < 1.29 is 14.3 Å². The van der Waals surface area contributed by atoms with Crippen molar-refractivity contribution in [2.75, 3.05) is 20.1 Å². The zero-order valence-corrected chi connectivity index (χ0v) is 12.6. The molecular weight excluding hydrogens is 232 g/mol. The zero-order valence-electron chi connectivity index (χ0n) is 12.6. The minimum Gasteiger partial charge on any atom is -0.444 e. The Bertz CT molecular complexity index is 300. The first-order valence-electron chi connectivity index (χ1n) is 6.16. The summed E-state index contributed by atoms with van der Waals surface area (Å²) in [5.74, 6) is -0.0277. The Balaban J connectivity index is 4.02. The number of likely N-dealkylation sites (N-methyl/N-ethyl adjacent to an activating group) is 1. The molecule has 0 aromatic heterocycles. The lowest BCUT2D eigenvalue weighted by Gasteiger charge is -2.25. The SMILES string of the molecule is CN(CCNC(=O)C(C)(C)C)C(=O)OC(C)(C)C. The van der Waals surface area contributed by atoms with E-state index in [1.54, 1.807) is 7.05 Å². The largest absolute Gasteiger partial charge is 0.444 e. The van der Waals surface area contributed by atoms with Crippen LogP contribution in [0.2, 0.25) is 0 Å². The second-order valence-electron chi connectivity index (χ2n) is 6.41. The Hall–Kier alpha value is -1.26. The molecule has 0 aliphatic rings. The van der Waals surface area contributed by atoms with Crippen molar-refractivity contribution in [3.8, 4) is 0 Å². The molecule has 0 aromatic rings.